The highest BCUT2D eigenvalue weighted by Gasteiger charge is 2.28. The first-order chi connectivity index (χ1) is 14.4. The van der Waals surface area contributed by atoms with E-state index in [0.717, 1.165) is 11.1 Å². The van der Waals surface area contributed by atoms with Gasteiger partial charge in [0.05, 0.1) is 18.9 Å². The van der Waals surface area contributed by atoms with Crippen LogP contribution in [0.5, 0.6) is 0 Å². The molecule has 0 aliphatic carbocycles. The van der Waals surface area contributed by atoms with Crippen LogP contribution in [0.4, 0.5) is 10.3 Å². The van der Waals surface area contributed by atoms with Crippen LogP contribution >= 0.6 is 0 Å². The van der Waals surface area contributed by atoms with Gasteiger partial charge in [0.25, 0.3) is 5.88 Å². The van der Waals surface area contributed by atoms with Crippen LogP contribution in [-0.4, -0.2) is 42.3 Å². The zero-order chi connectivity index (χ0) is 21.1. The molecule has 1 aliphatic rings. The highest BCUT2D eigenvalue weighted by atomic mass is 19.1. The number of halogens is 1. The first-order valence-corrected chi connectivity index (χ1v) is 9.94. The molecule has 1 aliphatic heterocycles. The molecule has 0 atom stereocenters. The number of benzene rings is 2. The van der Waals surface area contributed by atoms with Gasteiger partial charge in [-0.1, -0.05) is 61.5 Å². The zero-order valence-corrected chi connectivity index (χ0v) is 17.1. The van der Waals surface area contributed by atoms with Crippen LogP contribution in [0.1, 0.15) is 25.1 Å². The maximum Gasteiger partial charge on any atom is 0.253 e. The lowest BCUT2D eigenvalue weighted by Crippen LogP contribution is -2.44. The van der Waals surface area contributed by atoms with E-state index >= 15 is 0 Å². The molecule has 6 nitrogen and oxygen atoms in total. The van der Waals surface area contributed by atoms with Crippen molar-refractivity contribution in [1.82, 2.24) is 10.1 Å². The first kappa shape index (κ1) is 20.1. The fraction of sp³-hybridized carbons (Fsp3) is 0.304. The third kappa shape index (κ3) is 4.07. The lowest BCUT2D eigenvalue weighted by atomic mass is 9.81. The van der Waals surface area contributed by atoms with E-state index in [-0.39, 0.29) is 5.82 Å². The number of morpholine rings is 1. The number of aromatic nitrogens is 1. The summed E-state index contributed by atoms with van der Waals surface area (Å²) in [6.07, 6.45) is 0. The highest BCUT2D eigenvalue weighted by Crippen LogP contribution is 2.35. The van der Waals surface area contributed by atoms with Crippen molar-refractivity contribution in [1.29, 1.82) is 0 Å². The van der Waals surface area contributed by atoms with Crippen LogP contribution in [0.15, 0.2) is 64.1 Å². The summed E-state index contributed by atoms with van der Waals surface area (Å²) >= 11 is 0. The molecule has 0 bridgehead atoms. The number of hydrogen-bond acceptors (Lipinski definition) is 4. The van der Waals surface area contributed by atoms with Gasteiger partial charge in [-0.3, -0.25) is 0 Å². The van der Waals surface area contributed by atoms with Gasteiger partial charge in [0.2, 0.25) is 0 Å². The van der Waals surface area contributed by atoms with Crippen LogP contribution < -0.4 is 5.73 Å². The van der Waals surface area contributed by atoms with E-state index in [1.807, 2.05) is 55.1 Å². The standard InChI is InChI=1S/C23H25FN4O2/c1-23(2,17-8-9-18(19(24)14-17)16-6-4-3-5-7-16)20-15-21(30-27-20)26-22(25)28-10-12-29-13-11-28/h3-9,14-15H,10-13H2,1-2H3,(H2,25,26). The van der Waals surface area contributed by atoms with Crippen LogP contribution in [0.2, 0.25) is 0 Å². The minimum atomic E-state index is -0.568. The van der Waals surface area contributed by atoms with Crippen molar-refractivity contribution in [3.8, 4) is 11.1 Å². The Morgan fingerprint density at radius 1 is 1.10 bits per heavy atom. The van der Waals surface area contributed by atoms with Gasteiger partial charge in [-0.2, -0.15) is 4.99 Å². The molecule has 0 radical (unpaired) electrons. The summed E-state index contributed by atoms with van der Waals surface area (Å²) in [6.45, 7) is 6.57. The molecule has 0 amide bonds. The van der Waals surface area contributed by atoms with E-state index in [9.17, 15) is 4.39 Å². The molecule has 1 fully saturated rings. The second-order valence-electron chi connectivity index (χ2n) is 7.81. The third-order valence-corrected chi connectivity index (χ3v) is 5.47. The molecule has 2 heterocycles. The number of aliphatic imine (C=N–C) groups is 1. The largest absolute Gasteiger partial charge is 0.378 e. The normalized spacial score (nSPS) is 15.4. The molecule has 30 heavy (non-hydrogen) atoms. The predicted octanol–water partition coefficient (Wildman–Crippen LogP) is 4.09. The van der Waals surface area contributed by atoms with Gasteiger partial charge < -0.3 is 19.9 Å². The molecule has 0 saturated carbocycles. The molecular formula is C23H25FN4O2. The van der Waals surface area contributed by atoms with E-state index in [0.29, 0.717) is 49.4 Å². The molecule has 156 valence electrons. The van der Waals surface area contributed by atoms with Crippen LogP contribution in [0, 0.1) is 5.82 Å². The average Bonchev–Trinajstić information content (AvgIpc) is 3.24. The van der Waals surface area contributed by atoms with E-state index in [1.165, 1.54) is 0 Å². The fourth-order valence-corrected chi connectivity index (χ4v) is 3.49. The molecule has 1 aromatic heterocycles. The van der Waals surface area contributed by atoms with Gasteiger partial charge in [-0.25, -0.2) is 4.39 Å². The van der Waals surface area contributed by atoms with Gasteiger partial charge in [0.15, 0.2) is 5.96 Å². The van der Waals surface area contributed by atoms with Crippen molar-refractivity contribution in [3.63, 3.8) is 0 Å². The molecule has 3 aromatic rings. The third-order valence-electron chi connectivity index (χ3n) is 5.47. The molecule has 0 spiro atoms. The summed E-state index contributed by atoms with van der Waals surface area (Å²) in [5, 5.41) is 4.17. The summed E-state index contributed by atoms with van der Waals surface area (Å²) in [4.78, 5) is 6.28. The molecule has 2 aromatic carbocycles. The van der Waals surface area contributed by atoms with Crippen molar-refractivity contribution >= 4 is 11.8 Å². The Hall–Kier alpha value is -3.19. The molecule has 2 N–H and O–H groups in total. The Kier molecular flexibility index (Phi) is 5.55. The van der Waals surface area contributed by atoms with Crippen molar-refractivity contribution in [2.75, 3.05) is 26.3 Å². The lowest BCUT2D eigenvalue weighted by molar-refractivity contribution is 0.0675. The molecule has 4 rings (SSSR count). The van der Waals surface area contributed by atoms with Crippen molar-refractivity contribution in [2.45, 2.75) is 19.3 Å². The summed E-state index contributed by atoms with van der Waals surface area (Å²) in [5.41, 5.74) is 8.38. The molecule has 0 unspecified atom stereocenters. The lowest BCUT2D eigenvalue weighted by Gasteiger charge is -2.27. The minimum Gasteiger partial charge on any atom is -0.378 e. The topological polar surface area (TPSA) is 76.9 Å². The van der Waals surface area contributed by atoms with Gasteiger partial charge in [-0.15, -0.1) is 0 Å². The van der Waals surface area contributed by atoms with E-state index in [1.54, 1.807) is 18.2 Å². The van der Waals surface area contributed by atoms with Gasteiger partial charge in [-0.05, 0) is 17.2 Å². The minimum absolute atomic E-state index is 0.273. The summed E-state index contributed by atoms with van der Waals surface area (Å²) in [7, 11) is 0. The van der Waals surface area contributed by atoms with Gasteiger partial charge in [0, 0.05) is 30.1 Å². The zero-order valence-electron chi connectivity index (χ0n) is 17.1. The van der Waals surface area contributed by atoms with Gasteiger partial charge >= 0.3 is 0 Å². The summed E-state index contributed by atoms with van der Waals surface area (Å²) < 4.78 is 25.6. The molecule has 1 saturated heterocycles. The summed E-state index contributed by atoms with van der Waals surface area (Å²) in [5.74, 6) is 0.422. The SMILES string of the molecule is CC(C)(c1ccc(-c2ccccc2)c(F)c1)c1cc(/N=C(/N)N2CCOCC2)on1. The predicted molar refractivity (Wildman–Crippen MR) is 114 cm³/mol. The molecular weight excluding hydrogens is 383 g/mol. The Labute approximate surface area is 175 Å². The first-order valence-electron chi connectivity index (χ1n) is 9.94. The highest BCUT2D eigenvalue weighted by molar-refractivity contribution is 5.80. The van der Waals surface area contributed by atoms with Gasteiger partial charge in [0.1, 0.15) is 5.82 Å². The Bertz CT molecular complexity index is 1040. The van der Waals surface area contributed by atoms with Crippen molar-refractivity contribution in [3.05, 3.63) is 71.7 Å². The maximum absolute atomic E-state index is 14.9. The monoisotopic (exact) mass is 408 g/mol. The van der Waals surface area contributed by atoms with E-state index < -0.39 is 5.41 Å². The van der Waals surface area contributed by atoms with Crippen molar-refractivity contribution in [2.24, 2.45) is 10.7 Å². The summed E-state index contributed by atoms with van der Waals surface area (Å²) in [6, 6.07) is 16.5. The molecule has 7 heteroatoms. The van der Waals surface area contributed by atoms with Crippen LogP contribution in [-0.2, 0) is 10.2 Å². The maximum atomic E-state index is 14.9. The number of nitrogens with two attached hydrogens (primary N) is 1. The van der Waals surface area contributed by atoms with E-state index in [2.05, 4.69) is 10.1 Å². The fourth-order valence-electron chi connectivity index (χ4n) is 3.49. The van der Waals surface area contributed by atoms with E-state index in [4.69, 9.17) is 15.0 Å². The Morgan fingerprint density at radius 3 is 2.53 bits per heavy atom. The number of rotatable bonds is 4. The smallest absolute Gasteiger partial charge is 0.253 e. The van der Waals surface area contributed by atoms with Crippen LogP contribution in [0.25, 0.3) is 11.1 Å². The Balaban J connectivity index is 1.57. The number of guanidine groups is 1. The number of ether oxygens (including phenoxy) is 1. The van der Waals surface area contributed by atoms with Crippen molar-refractivity contribution < 1.29 is 13.7 Å². The number of hydrogen-bond donors (Lipinski definition) is 1. The quantitative estimate of drug-likeness (QED) is 0.520. The number of nitrogens with zero attached hydrogens (tertiary/aromatic N) is 3. The second-order valence-corrected chi connectivity index (χ2v) is 7.81. The van der Waals surface area contributed by atoms with Crippen LogP contribution in [0.3, 0.4) is 0 Å². The Morgan fingerprint density at radius 2 is 1.83 bits per heavy atom. The average molecular weight is 408 g/mol. The second kappa shape index (κ2) is 8.28.